The molecule has 2 saturated heterocycles. The van der Waals surface area contributed by atoms with Crippen LogP contribution in [-0.2, 0) is 4.79 Å². The van der Waals surface area contributed by atoms with Crippen LogP contribution in [0, 0.1) is 5.92 Å². The van der Waals surface area contributed by atoms with Crippen LogP contribution in [0.1, 0.15) is 46.0 Å². The quantitative estimate of drug-likeness (QED) is 0.805. The van der Waals surface area contributed by atoms with Gasteiger partial charge in [-0.25, -0.2) is 0 Å². The molecule has 0 radical (unpaired) electrons. The van der Waals surface area contributed by atoms with Crippen LogP contribution in [0.2, 0.25) is 0 Å². The van der Waals surface area contributed by atoms with Gasteiger partial charge >= 0.3 is 0 Å². The van der Waals surface area contributed by atoms with Crippen molar-refractivity contribution in [1.82, 2.24) is 15.1 Å². The first-order chi connectivity index (χ1) is 9.65. The Hall–Kier alpha value is -0.610. The van der Waals surface area contributed by atoms with E-state index < -0.39 is 0 Å². The lowest BCUT2D eigenvalue weighted by atomic mass is 10.0. The van der Waals surface area contributed by atoms with Crippen molar-refractivity contribution in [3.05, 3.63) is 0 Å². The van der Waals surface area contributed by atoms with Crippen molar-refractivity contribution >= 4 is 5.91 Å². The number of amides is 1. The van der Waals surface area contributed by atoms with E-state index in [1.165, 1.54) is 45.3 Å². The van der Waals surface area contributed by atoms with Crippen molar-refractivity contribution in [2.75, 3.05) is 39.3 Å². The number of piperidine rings is 1. The number of carbonyl (C=O) groups excluding carboxylic acids is 1. The maximum absolute atomic E-state index is 11.9. The molecule has 20 heavy (non-hydrogen) atoms. The van der Waals surface area contributed by atoms with Crippen molar-refractivity contribution in [3.63, 3.8) is 0 Å². The lowest BCUT2D eigenvalue weighted by Gasteiger charge is -2.33. The average Bonchev–Trinajstić information content (AvgIpc) is 2.94. The second kappa shape index (κ2) is 7.99. The van der Waals surface area contributed by atoms with E-state index in [1.54, 1.807) is 0 Å². The number of hydrogen-bond donors (Lipinski definition) is 1. The van der Waals surface area contributed by atoms with Gasteiger partial charge in [0.25, 0.3) is 0 Å². The Labute approximate surface area is 123 Å². The van der Waals surface area contributed by atoms with E-state index in [0.29, 0.717) is 18.4 Å². The molecule has 2 aliphatic heterocycles. The molecule has 4 heteroatoms. The fourth-order valence-electron chi connectivity index (χ4n) is 3.34. The summed E-state index contributed by atoms with van der Waals surface area (Å²) in [5.74, 6) is 1.10. The van der Waals surface area contributed by atoms with E-state index >= 15 is 0 Å². The van der Waals surface area contributed by atoms with Crippen LogP contribution in [0.15, 0.2) is 0 Å². The molecule has 0 spiro atoms. The van der Waals surface area contributed by atoms with Crippen LogP contribution >= 0.6 is 0 Å². The molecule has 2 fully saturated rings. The van der Waals surface area contributed by atoms with Crippen LogP contribution in [0.5, 0.6) is 0 Å². The van der Waals surface area contributed by atoms with Gasteiger partial charge < -0.3 is 15.1 Å². The van der Waals surface area contributed by atoms with Gasteiger partial charge in [-0.3, -0.25) is 4.79 Å². The Morgan fingerprint density at radius 2 is 1.80 bits per heavy atom. The summed E-state index contributed by atoms with van der Waals surface area (Å²) in [7, 11) is 0. The summed E-state index contributed by atoms with van der Waals surface area (Å²) in [5, 5.41) is 3.58. The highest BCUT2D eigenvalue weighted by Crippen LogP contribution is 2.12. The Morgan fingerprint density at radius 3 is 2.40 bits per heavy atom. The average molecular weight is 281 g/mol. The van der Waals surface area contributed by atoms with Gasteiger partial charge in [0.1, 0.15) is 0 Å². The minimum atomic E-state index is 0.340. The first kappa shape index (κ1) is 15.8. The molecule has 1 amide bonds. The lowest BCUT2D eigenvalue weighted by molar-refractivity contribution is -0.130. The standard InChI is InChI=1S/C16H31N3O/c1-14(2)13-18-11-6-15(7-12-18)17-8-5-16(20)19-9-3-4-10-19/h14-15,17H,3-13H2,1-2H3. The van der Waals surface area contributed by atoms with E-state index in [4.69, 9.17) is 0 Å². The van der Waals surface area contributed by atoms with E-state index in [-0.39, 0.29) is 0 Å². The summed E-state index contributed by atoms with van der Waals surface area (Å²) in [6, 6.07) is 0.616. The fourth-order valence-corrected chi connectivity index (χ4v) is 3.34. The van der Waals surface area contributed by atoms with Gasteiger partial charge in [0.15, 0.2) is 0 Å². The Kier molecular flexibility index (Phi) is 6.30. The van der Waals surface area contributed by atoms with E-state index in [1.807, 2.05) is 4.90 Å². The number of nitrogens with one attached hydrogen (secondary N) is 1. The maximum Gasteiger partial charge on any atom is 0.223 e. The number of likely N-dealkylation sites (tertiary alicyclic amines) is 2. The Morgan fingerprint density at radius 1 is 1.15 bits per heavy atom. The molecule has 0 aliphatic carbocycles. The highest BCUT2D eigenvalue weighted by Gasteiger charge is 2.20. The molecular weight excluding hydrogens is 250 g/mol. The SMILES string of the molecule is CC(C)CN1CCC(NCCC(=O)N2CCCC2)CC1. The molecule has 116 valence electrons. The Balaban J connectivity index is 1.55. The van der Waals surface area contributed by atoms with Crippen LogP contribution in [0.25, 0.3) is 0 Å². The summed E-state index contributed by atoms with van der Waals surface area (Å²) in [6.45, 7) is 11.0. The van der Waals surface area contributed by atoms with Gasteiger partial charge in [-0.2, -0.15) is 0 Å². The monoisotopic (exact) mass is 281 g/mol. The Bertz CT molecular complexity index is 292. The molecule has 2 rings (SSSR count). The molecule has 2 aliphatic rings. The zero-order valence-electron chi connectivity index (χ0n) is 13.2. The van der Waals surface area contributed by atoms with Crippen molar-refractivity contribution in [1.29, 1.82) is 0 Å². The minimum Gasteiger partial charge on any atom is -0.343 e. The third kappa shape index (κ3) is 5.06. The van der Waals surface area contributed by atoms with Crippen LogP contribution in [0.4, 0.5) is 0 Å². The van der Waals surface area contributed by atoms with Gasteiger partial charge in [0.05, 0.1) is 0 Å². The molecule has 0 aromatic carbocycles. The van der Waals surface area contributed by atoms with E-state index in [2.05, 4.69) is 24.1 Å². The first-order valence-corrected chi connectivity index (χ1v) is 8.38. The van der Waals surface area contributed by atoms with Crippen LogP contribution in [0.3, 0.4) is 0 Å². The predicted molar refractivity (Wildman–Crippen MR) is 82.7 cm³/mol. The number of nitrogens with zero attached hydrogens (tertiary/aromatic N) is 2. The van der Waals surface area contributed by atoms with Crippen molar-refractivity contribution < 1.29 is 4.79 Å². The second-order valence-electron chi connectivity index (χ2n) is 6.76. The lowest BCUT2D eigenvalue weighted by Crippen LogP contribution is -2.44. The maximum atomic E-state index is 11.9. The molecule has 0 aromatic rings. The van der Waals surface area contributed by atoms with Crippen LogP contribution < -0.4 is 5.32 Å². The second-order valence-corrected chi connectivity index (χ2v) is 6.76. The normalized spacial score (nSPS) is 21.9. The number of rotatable bonds is 6. The summed E-state index contributed by atoms with van der Waals surface area (Å²) in [4.78, 5) is 16.5. The summed E-state index contributed by atoms with van der Waals surface area (Å²) >= 11 is 0. The highest BCUT2D eigenvalue weighted by atomic mass is 16.2. The zero-order valence-corrected chi connectivity index (χ0v) is 13.2. The van der Waals surface area contributed by atoms with Gasteiger partial charge in [-0.1, -0.05) is 13.8 Å². The van der Waals surface area contributed by atoms with Gasteiger partial charge in [0, 0.05) is 38.6 Å². The molecule has 4 nitrogen and oxygen atoms in total. The molecule has 0 saturated carbocycles. The fraction of sp³-hybridized carbons (Fsp3) is 0.938. The first-order valence-electron chi connectivity index (χ1n) is 8.38. The molecule has 0 aromatic heterocycles. The topological polar surface area (TPSA) is 35.6 Å². The summed E-state index contributed by atoms with van der Waals surface area (Å²) in [6.07, 6.45) is 5.50. The van der Waals surface area contributed by atoms with E-state index in [9.17, 15) is 4.79 Å². The molecular formula is C16H31N3O. The number of hydrogen-bond acceptors (Lipinski definition) is 3. The van der Waals surface area contributed by atoms with Crippen LogP contribution in [-0.4, -0.2) is 61.0 Å². The molecule has 0 bridgehead atoms. The molecule has 0 unspecified atom stereocenters. The molecule has 1 N–H and O–H groups in total. The number of carbonyl (C=O) groups is 1. The van der Waals surface area contributed by atoms with Gasteiger partial charge in [0.2, 0.25) is 5.91 Å². The summed E-state index contributed by atoms with van der Waals surface area (Å²) < 4.78 is 0. The largest absolute Gasteiger partial charge is 0.343 e. The molecule has 0 atom stereocenters. The minimum absolute atomic E-state index is 0.340. The third-order valence-electron chi connectivity index (χ3n) is 4.44. The van der Waals surface area contributed by atoms with Gasteiger partial charge in [-0.15, -0.1) is 0 Å². The highest BCUT2D eigenvalue weighted by molar-refractivity contribution is 5.76. The van der Waals surface area contributed by atoms with Gasteiger partial charge in [-0.05, 0) is 44.7 Å². The van der Waals surface area contributed by atoms with E-state index in [0.717, 1.165) is 25.6 Å². The summed E-state index contributed by atoms with van der Waals surface area (Å²) in [5.41, 5.74) is 0. The predicted octanol–water partition coefficient (Wildman–Crippen LogP) is 1.71. The zero-order chi connectivity index (χ0) is 14.4. The smallest absolute Gasteiger partial charge is 0.223 e. The van der Waals surface area contributed by atoms with Crippen molar-refractivity contribution in [3.8, 4) is 0 Å². The van der Waals surface area contributed by atoms with Crippen molar-refractivity contribution in [2.45, 2.75) is 52.0 Å². The molecule has 2 heterocycles. The third-order valence-corrected chi connectivity index (χ3v) is 4.44. The van der Waals surface area contributed by atoms with Crippen molar-refractivity contribution in [2.24, 2.45) is 5.92 Å².